The topological polar surface area (TPSA) is 134 Å². The number of amides is 1. The Hall–Kier alpha value is -3.43. The Morgan fingerprint density at radius 3 is 2.72 bits per heavy atom. The van der Waals surface area contributed by atoms with Gasteiger partial charge in [0.1, 0.15) is 11.4 Å². The minimum atomic E-state index is -0.796. The molecular weight excluding hydrogens is 334 g/mol. The van der Waals surface area contributed by atoms with Crippen LogP contribution in [0.4, 0.5) is 11.4 Å². The fraction of sp³-hybridized carbons (Fsp3) is 0.267. The van der Waals surface area contributed by atoms with E-state index in [-0.39, 0.29) is 17.3 Å². The number of nitrogens with zero attached hydrogens (tertiary/aromatic N) is 2. The maximum absolute atomic E-state index is 11.8. The maximum Gasteiger partial charge on any atom is 0.344 e. The average molecular weight is 349 g/mol. The molecule has 0 saturated heterocycles. The van der Waals surface area contributed by atoms with Gasteiger partial charge in [0.25, 0.3) is 17.5 Å². The number of carbonyl (C=O) groups excluding carboxylic acids is 2. The zero-order chi connectivity index (χ0) is 18.4. The van der Waals surface area contributed by atoms with Crippen molar-refractivity contribution >= 4 is 23.3 Å². The highest BCUT2D eigenvalue weighted by Gasteiger charge is 2.18. The molecule has 1 heterocycles. The number of carbonyl (C=O) groups is 2. The number of nitro groups is 1. The van der Waals surface area contributed by atoms with Crippen LogP contribution in [0.2, 0.25) is 0 Å². The van der Waals surface area contributed by atoms with Crippen molar-refractivity contribution in [2.45, 2.75) is 13.8 Å². The zero-order valence-electron chi connectivity index (χ0n) is 13.5. The molecule has 2 rings (SSSR count). The number of aromatic nitrogens is 1. The largest absolute Gasteiger partial charge is 0.463 e. The van der Waals surface area contributed by atoms with Crippen LogP contribution >= 0.6 is 0 Å². The monoisotopic (exact) mass is 349 g/mol. The summed E-state index contributed by atoms with van der Waals surface area (Å²) in [7, 11) is 0. The number of rotatable bonds is 7. The summed E-state index contributed by atoms with van der Waals surface area (Å²) in [6.45, 7) is 2.21. The predicted octanol–water partition coefficient (Wildman–Crippen LogP) is 1.76. The molecule has 25 heavy (non-hydrogen) atoms. The average Bonchev–Trinajstić information content (AvgIpc) is 2.98. The first-order chi connectivity index (χ1) is 11.9. The second kappa shape index (κ2) is 7.90. The third-order valence-corrected chi connectivity index (χ3v) is 3.02. The lowest BCUT2D eigenvalue weighted by molar-refractivity contribution is -0.384. The van der Waals surface area contributed by atoms with Gasteiger partial charge in [-0.3, -0.25) is 14.9 Å². The van der Waals surface area contributed by atoms with Crippen molar-refractivity contribution in [3.63, 3.8) is 0 Å². The van der Waals surface area contributed by atoms with Gasteiger partial charge >= 0.3 is 5.97 Å². The quantitative estimate of drug-likeness (QED) is 0.454. The van der Waals surface area contributed by atoms with E-state index in [1.807, 2.05) is 0 Å². The van der Waals surface area contributed by atoms with Gasteiger partial charge in [0.05, 0.1) is 4.92 Å². The molecule has 0 atom stereocenters. The third-order valence-electron chi connectivity index (χ3n) is 3.02. The zero-order valence-corrected chi connectivity index (χ0v) is 13.5. The molecule has 1 amide bonds. The summed E-state index contributed by atoms with van der Waals surface area (Å²) in [5.41, 5.74) is 0.325. The first kappa shape index (κ1) is 17.9. The van der Waals surface area contributed by atoms with E-state index < -0.39 is 30.0 Å². The number of anilines is 1. The number of hydrogen-bond donors (Lipinski definition) is 1. The first-order valence-corrected chi connectivity index (χ1v) is 7.12. The summed E-state index contributed by atoms with van der Waals surface area (Å²) < 4.78 is 14.5. The number of nitro benzene ring substituents is 1. The molecule has 0 fully saturated rings. The van der Waals surface area contributed by atoms with Crippen LogP contribution in [-0.4, -0.2) is 35.2 Å². The third kappa shape index (κ3) is 5.03. The molecule has 10 nitrogen and oxygen atoms in total. The van der Waals surface area contributed by atoms with Crippen LogP contribution in [0.25, 0.3) is 0 Å². The van der Waals surface area contributed by atoms with Crippen LogP contribution in [0, 0.1) is 24.0 Å². The van der Waals surface area contributed by atoms with Crippen LogP contribution < -0.4 is 10.1 Å². The van der Waals surface area contributed by atoms with E-state index in [1.54, 1.807) is 19.9 Å². The summed E-state index contributed by atoms with van der Waals surface area (Å²) in [6, 6.07) is 5.87. The van der Waals surface area contributed by atoms with Crippen molar-refractivity contribution in [1.82, 2.24) is 5.16 Å². The van der Waals surface area contributed by atoms with E-state index in [9.17, 15) is 19.7 Å². The summed E-state index contributed by atoms with van der Waals surface area (Å²) >= 11 is 0. The number of aryl methyl sites for hydroxylation is 2. The SMILES string of the molecule is Cc1cc(OCC(=O)OCC(=O)Nc2c(C)cccc2[N+](=O)[O-])no1. The van der Waals surface area contributed by atoms with Gasteiger partial charge in [-0.15, -0.1) is 0 Å². The van der Waals surface area contributed by atoms with Gasteiger partial charge in [-0.1, -0.05) is 12.1 Å². The van der Waals surface area contributed by atoms with Gasteiger partial charge in [-0.05, 0) is 24.6 Å². The van der Waals surface area contributed by atoms with Crippen LogP contribution in [-0.2, 0) is 14.3 Å². The Balaban J connectivity index is 1.84. The molecule has 132 valence electrons. The van der Waals surface area contributed by atoms with Gasteiger partial charge < -0.3 is 19.3 Å². The number of nitrogens with one attached hydrogen (secondary N) is 1. The van der Waals surface area contributed by atoms with Gasteiger partial charge in [0.15, 0.2) is 13.2 Å². The molecule has 1 aromatic carbocycles. The molecule has 0 spiro atoms. The Morgan fingerprint density at radius 2 is 2.08 bits per heavy atom. The summed E-state index contributed by atoms with van der Waals surface area (Å²) in [5, 5.41) is 16.9. The van der Waals surface area contributed by atoms with Crippen molar-refractivity contribution < 1.29 is 28.5 Å². The van der Waals surface area contributed by atoms with E-state index in [4.69, 9.17) is 14.0 Å². The number of para-hydroxylation sites is 1. The van der Waals surface area contributed by atoms with Crippen molar-refractivity contribution in [1.29, 1.82) is 0 Å². The molecule has 0 radical (unpaired) electrons. The Bertz CT molecular complexity index is 800. The molecule has 0 unspecified atom stereocenters. The van der Waals surface area contributed by atoms with E-state index in [0.717, 1.165) is 0 Å². The number of ether oxygens (including phenoxy) is 2. The molecule has 2 aromatic rings. The summed E-state index contributed by atoms with van der Waals surface area (Å²) in [6.07, 6.45) is 0. The minimum absolute atomic E-state index is 0.0582. The van der Waals surface area contributed by atoms with E-state index in [2.05, 4.69) is 10.5 Å². The molecular formula is C15H15N3O7. The van der Waals surface area contributed by atoms with Crippen molar-refractivity contribution in [2.75, 3.05) is 18.5 Å². The van der Waals surface area contributed by atoms with E-state index in [1.165, 1.54) is 18.2 Å². The lowest BCUT2D eigenvalue weighted by Gasteiger charge is -2.09. The smallest absolute Gasteiger partial charge is 0.344 e. The number of benzene rings is 1. The maximum atomic E-state index is 11.8. The van der Waals surface area contributed by atoms with Gasteiger partial charge in [-0.25, -0.2) is 4.79 Å². The second-order valence-electron chi connectivity index (χ2n) is 5.00. The van der Waals surface area contributed by atoms with Crippen LogP contribution in [0.15, 0.2) is 28.8 Å². The fourth-order valence-corrected chi connectivity index (χ4v) is 1.87. The van der Waals surface area contributed by atoms with Gasteiger partial charge in [0.2, 0.25) is 0 Å². The molecule has 0 saturated carbocycles. The van der Waals surface area contributed by atoms with E-state index in [0.29, 0.717) is 11.3 Å². The molecule has 0 aliphatic rings. The highest BCUT2D eigenvalue weighted by Crippen LogP contribution is 2.27. The highest BCUT2D eigenvalue weighted by molar-refractivity contribution is 5.95. The molecule has 1 N–H and O–H groups in total. The number of hydrogen-bond acceptors (Lipinski definition) is 8. The lowest BCUT2D eigenvalue weighted by atomic mass is 10.1. The van der Waals surface area contributed by atoms with E-state index >= 15 is 0 Å². The fourth-order valence-electron chi connectivity index (χ4n) is 1.87. The van der Waals surface area contributed by atoms with Gasteiger partial charge in [-0.2, -0.15) is 0 Å². The van der Waals surface area contributed by atoms with Crippen molar-refractivity contribution in [3.05, 3.63) is 45.7 Å². The normalized spacial score (nSPS) is 10.2. The molecule has 10 heteroatoms. The van der Waals surface area contributed by atoms with Crippen LogP contribution in [0.5, 0.6) is 5.88 Å². The van der Waals surface area contributed by atoms with Gasteiger partial charge in [0, 0.05) is 12.1 Å². The van der Waals surface area contributed by atoms with Crippen molar-refractivity contribution in [3.8, 4) is 5.88 Å². The predicted molar refractivity (Wildman–Crippen MR) is 84.2 cm³/mol. The molecule has 0 aliphatic heterocycles. The number of esters is 1. The minimum Gasteiger partial charge on any atom is -0.463 e. The summed E-state index contributed by atoms with van der Waals surface area (Å²) in [4.78, 5) is 33.7. The Morgan fingerprint density at radius 1 is 1.32 bits per heavy atom. The van der Waals surface area contributed by atoms with Crippen LogP contribution in [0.1, 0.15) is 11.3 Å². The molecule has 0 aliphatic carbocycles. The van der Waals surface area contributed by atoms with Crippen molar-refractivity contribution in [2.24, 2.45) is 0 Å². The first-order valence-electron chi connectivity index (χ1n) is 7.12. The molecule has 0 bridgehead atoms. The Labute approximate surface area is 141 Å². The summed E-state index contributed by atoms with van der Waals surface area (Å²) in [5.74, 6) is -0.866. The second-order valence-corrected chi connectivity index (χ2v) is 5.00. The highest BCUT2D eigenvalue weighted by atomic mass is 16.6. The Kier molecular flexibility index (Phi) is 5.66. The lowest BCUT2D eigenvalue weighted by Crippen LogP contribution is -2.24. The van der Waals surface area contributed by atoms with Crippen LogP contribution in [0.3, 0.4) is 0 Å². The standard InChI is InChI=1S/C15H15N3O7/c1-9-4-3-5-11(18(21)22)15(9)16-12(19)7-24-14(20)8-23-13-6-10(2)25-17-13/h3-6H,7-8H2,1-2H3,(H,16,19). The molecule has 1 aromatic heterocycles.